The molecule has 1 aliphatic heterocycles. The summed E-state index contributed by atoms with van der Waals surface area (Å²) in [5.41, 5.74) is -0.286. The first-order chi connectivity index (χ1) is 6.71. The van der Waals surface area contributed by atoms with Crippen LogP contribution < -0.4 is 0 Å². The van der Waals surface area contributed by atoms with Gasteiger partial charge in [0.2, 0.25) is 0 Å². The van der Waals surface area contributed by atoms with Crippen LogP contribution in [0.4, 0.5) is 4.39 Å². The average molecular weight is 275 g/mol. The van der Waals surface area contributed by atoms with E-state index < -0.39 is 5.67 Å². The summed E-state index contributed by atoms with van der Waals surface area (Å²) in [6.45, 7) is 0. The van der Waals surface area contributed by atoms with Crippen LogP contribution in [0.15, 0.2) is 28.7 Å². The van der Waals surface area contributed by atoms with Crippen molar-refractivity contribution >= 4 is 27.7 Å². The Bertz CT molecular complexity index is 321. The van der Waals surface area contributed by atoms with Crippen LogP contribution in [0.1, 0.15) is 18.4 Å². The fourth-order valence-electron chi connectivity index (χ4n) is 1.76. The summed E-state index contributed by atoms with van der Waals surface area (Å²) in [5, 5.41) is 0. The van der Waals surface area contributed by atoms with Gasteiger partial charge in [-0.1, -0.05) is 28.1 Å². The molecule has 1 saturated heterocycles. The van der Waals surface area contributed by atoms with Crippen LogP contribution in [0.3, 0.4) is 0 Å². The summed E-state index contributed by atoms with van der Waals surface area (Å²) in [7, 11) is 0. The lowest BCUT2D eigenvalue weighted by molar-refractivity contribution is 0.178. The van der Waals surface area contributed by atoms with Gasteiger partial charge in [0.05, 0.1) is 0 Å². The minimum Gasteiger partial charge on any atom is -0.238 e. The van der Waals surface area contributed by atoms with E-state index in [0.717, 1.165) is 22.2 Å². The van der Waals surface area contributed by atoms with Crippen LogP contribution in [0.5, 0.6) is 0 Å². The largest absolute Gasteiger partial charge is 0.238 e. The molecule has 0 aliphatic carbocycles. The van der Waals surface area contributed by atoms with Gasteiger partial charge in [-0.05, 0) is 36.3 Å². The number of benzene rings is 1. The topological polar surface area (TPSA) is 0 Å². The van der Waals surface area contributed by atoms with Gasteiger partial charge in [-0.3, -0.25) is 0 Å². The van der Waals surface area contributed by atoms with E-state index >= 15 is 0 Å². The average Bonchev–Trinajstić information content (AvgIpc) is 2.19. The number of hydrogen-bond donors (Lipinski definition) is 0. The smallest absolute Gasteiger partial charge is 0.145 e. The molecule has 1 unspecified atom stereocenters. The fourth-order valence-corrected chi connectivity index (χ4v) is 3.28. The van der Waals surface area contributed by atoms with E-state index in [4.69, 9.17) is 0 Å². The molecule has 0 aromatic heterocycles. The Morgan fingerprint density at radius 2 is 2.29 bits per heavy atom. The van der Waals surface area contributed by atoms with Gasteiger partial charge in [-0.15, -0.1) is 0 Å². The van der Waals surface area contributed by atoms with Crippen LogP contribution >= 0.6 is 27.7 Å². The molecular weight excluding hydrogens is 263 g/mol. The molecule has 1 aromatic carbocycles. The highest BCUT2D eigenvalue weighted by atomic mass is 79.9. The Morgan fingerprint density at radius 3 is 2.93 bits per heavy atom. The Morgan fingerprint density at radius 1 is 1.43 bits per heavy atom. The third kappa shape index (κ3) is 2.14. The second-order valence-corrected chi connectivity index (χ2v) is 5.65. The molecule has 1 aliphatic rings. The quantitative estimate of drug-likeness (QED) is 0.742. The number of alkyl halides is 1. The Hall–Kier alpha value is -0.0200. The number of hydrogen-bond acceptors (Lipinski definition) is 1. The molecule has 0 bridgehead atoms. The van der Waals surface area contributed by atoms with E-state index in [0.29, 0.717) is 12.2 Å². The van der Waals surface area contributed by atoms with E-state index in [-0.39, 0.29) is 0 Å². The molecular formula is C11H12BrFS. The molecule has 0 spiro atoms. The van der Waals surface area contributed by atoms with Crippen LogP contribution in [-0.2, 0) is 5.67 Å². The number of halogens is 2. The molecule has 0 nitrogen and oxygen atoms in total. The Kier molecular flexibility index (Phi) is 3.17. The monoisotopic (exact) mass is 274 g/mol. The maximum Gasteiger partial charge on any atom is 0.145 e. The van der Waals surface area contributed by atoms with Crippen LogP contribution in [0.2, 0.25) is 0 Å². The molecule has 0 radical (unpaired) electrons. The van der Waals surface area contributed by atoms with E-state index in [9.17, 15) is 4.39 Å². The predicted molar refractivity (Wildman–Crippen MR) is 63.5 cm³/mol. The summed E-state index contributed by atoms with van der Waals surface area (Å²) in [5.74, 6) is 1.70. The molecule has 0 N–H and O–H groups in total. The maximum atomic E-state index is 14.4. The van der Waals surface area contributed by atoms with Gasteiger partial charge in [-0.2, -0.15) is 11.8 Å². The number of thioether (sulfide) groups is 1. The minimum atomic E-state index is -1.10. The first-order valence-corrected chi connectivity index (χ1v) is 6.68. The van der Waals surface area contributed by atoms with Crippen molar-refractivity contribution in [3.8, 4) is 0 Å². The van der Waals surface area contributed by atoms with Crippen molar-refractivity contribution in [2.24, 2.45) is 0 Å². The highest BCUT2D eigenvalue weighted by Gasteiger charge is 2.33. The van der Waals surface area contributed by atoms with Crippen LogP contribution in [0, 0.1) is 0 Å². The standard InChI is InChI=1S/C11H12BrFS/c12-10-4-1-3-9(7-10)11(13)5-2-6-14-8-11/h1,3-4,7H,2,5-6,8H2. The van der Waals surface area contributed by atoms with E-state index in [1.165, 1.54) is 0 Å². The molecule has 1 atom stereocenters. The van der Waals surface area contributed by atoms with Crippen molar-refractivity contribution in [2.75, 3.05) is 11.5 Å². The van der Waals surface area contributed by atoms with Crippen molar-refractivity contribution < 1.29 is 4.39 Å². The molecule has 1 heterocycles. The van der Waals surface area contributed by atoms with Crippen LogP contribution in [-0.4, -0.2) is 11.5 Å². The van der Waals surface area contributed by atoms with E-state index in [2.05, 4.69) is 15.9 Å². The first kappa shape index (κ1) is 10.5. The van der Waals surface area contributed by atoms with Crippen molar-refractivity contribution in [1.82, 2.24) is 0 Å². The zero-order valence-electron chi connectivity index (χ0n) is 7.80. The normalized spacial score (nSPS) is 27.6. The minimum absolute atomic E-state index is 0.601. The molecule has 0 saturated carbocycles. The van der Waals surface area contributed by atoms with E-state index in [1.54, 1.807) is 11.8 Å². The molecule has 1 fully saturated rings. The van der Waals surface area contributed by atoms with Gasteiger partial charge < -0.3 is 0 Å². The van der Waals surface area contributed by atoms with Gasteiger partial charge in [0.25, 0.3) is 0 Å². The summed E-state index contributed by atoms with van der Waals surface area (Å²) >= 11 is 5.09. The van der Waals surface area contributed by atoms with Crippen molar-refractivity contribution in [3.63, 3.8) is 0 Å². The van der Waals surface area contributed by atoms with Crippen molar-refractivity contribution in [3.05, 3.63) is 34.3 Å². The fraction of sp³-hybridized carbons (Fsp3) is 0.455. The van der Waals surface area contributed by atoms with Gasteiger partial charge in [0.1, 0.15) is 5.67 Å². The second kappa shape index (κ2) is 4.23. The second-order valence-electron chi connectivity index (χ2n) is 3.63. The summed E-state index contributed by atoms with van der Waals surface area (Å²) < 4.78 is 15.4. The van der Waals surface area contributed by atoms with E-state index in [1.807, 2.05) is 24.3 Å². The molecule has 1 aromatic rings. The highest BCUT2D eigenvalue weighted by molar-refractivity contribution is 9.10. The Balaban J connectivity index is 2.28. The van der Waals surface area contributed by atoms with Gasteiger partial charge in [0, 0.05) is 10.2 Å². The molecule has 0 amide bonds. The van der Waals surface area contributed by atoms with Gasteiger partial charge in [0.15, 0.2) is 0 Å². The third-order valence-electron chi connectivity index (χ3n) is 2.53. The Labute approximate surface area is 96.4 Å². The lowest BCUT2D eigenvalue weighted by atomic mass is 9.93. The zero-order chi connectivity index (χ0) is 10.0. The van der Waals surface area contributed by atoms with Crippen LogP contribution in [0.25, 0.3) is 0 Å². The van der Waals surface area contributed by atoms with Crippen molar-refractivity contribution in [1.29, 1.82) is 0 Å². The summed E-state index contributed by atoms with van der Waals surface area (Å²) in [4.78, 5) is 0. The molecule has 14 heavy (non-hydrogen) atoms. The summed E-state index contributed by atoms with van der Waals surface area (Å²) in [6.07, 6.45) is 1.64. The number of rotatable bonds is 1. The lowest BCUT2D eigenvalue weighted by Crippen LogP contribution is -2.27. The molecule has 2 rings (SSSR count). The first-order valence-electron chi connectivity index (χ1n) is 4.73. The lowest BCUT2D eigenvalue weighted by Gasteiger charge is -2.29. The third-order valence-corrected chi connectivity index (χ3v) is 4.27. The van der Waals surface area contributed by atoms with Crippen molar-refractivity contribution in [2.45, 2.75) is 18.5 Å². The SMILES string of the molecule is FC1(c2cccc(Br)c2)CCCSC1. The predicted octanol–water partition coefficient (Wildman–Crippen LogP) is 4.14. The molecule has 76 valence electrons. The highest BCUT2D eigenvalue weighted by Crippen LogP contribution is 2.39. The zero-order valence-corrected chi connectivity index (χ0v) is 10.2. The molecule has 3 heteroatoms. The summed E-state index contributed by atoms with van der Waals surface area (Å²) in [6, 6.07) is 7.62. The maximum absolute atomic E-state index is 14.4. The van der Waals surface area contributed by atoms with Gasteiger partial charge >= 0.3 is 0 Å². The van der Waals surface area contributed by atoms with Gasteiger partial charge in [-0.25, -0.2) is 4.39 Å².